The standard InChI is InChI=1S/C18H17N3O2/c1-12-5-3-8-17(13(12)2)21-18(23)14(10-19)11-20-15-6-4-7-16(22)9-15/h3-9,11,20,22H,1-2H3,(H,21,23)/b14-11-. The van der Waals surface area contributed by atoms with Crippen molar-refractivity contribution in [2.45, 2.75) is 13.8 Å². The Morgan fingerprint density at radius 3 is 2.65 bits per heavy atom. The Balaban J connectivity index is 2.14. The Morgan fingerprint density at radius 2 is 1.96 bits per heavy atom. The van der Waals surface area contributed by atoms with Crippen LogP contribution in [0, 0.1) is 25.2 Å². The van der Waals surface area contributed by atoms with E-state index < -0.39 is 5.91 Å². The average molecular weight is 307 g/mol. The summed E-state index contributed by atoms with van der Waals surface area (Å²) in [4.78, 5) is 12.2. The molecule has 0 aliphatic heterocycles. The monoisotopic (exact) mass is 307 g/mol. The Labute approximate surface area is 134 Å². The third-order valence-corrected chi connectivity index (χ3v) is 3.45. The van der Waals surface area contributed by atoms with Crippen molar-refractivity contribution in [2.24, 2.45) is 0 Å². The molecule has 5 nitrogen and oxygen atoms in total. The number of phenolic OH excluding ortho intramolecular Hbond substituents is 1. The number of hydrogen-bond donors (Lipinski definition) is 3. The van der Waals surface area contributed by atoms with Gasteiger partial charge in [0.2, 0.25) is 0 Å². The number of carbonyl (C=O) groups excluding carboxylic acids is 1. The van der Waals surface area contributed by atoms with Crippen LogP contribution in [0.25, 0.3) is 0 Å². The summed E-state index contributed by atoms with van der Waals surface area (Å²) in [5.74, 6) is -0.393. The lowest BCUT2D eigenvalue weighted by Gasteiger charge is -2.10. The number of nitrogens with one attached hydrogen (secondary N) is 2. The van der Waals surface area contributed by atoms with Gasteiger partial charge in [-0.3, -0.25) is 4.79 Å². The lowest BCUT2D eigenvalue weighted by atomic mass is 10.1. The van der Waals surface area contributed by atoms with Crippen LogP contribution in [0.3, 0.4) is 0 Å². The highest BCUT2D eigenvalue weighted by molar-refractivity contribution is 6.07. The molecule has 0 fully saturated rings. The van der Waals surface area contributed by atoms with E-state index in [0.717, 1.165) is 11.1 Å². The fourth-order valence-electron chi connectivity index (χ4n) is 1.98. The highest BCUT2D eigenvalue weighted by atomic mass is 16.3. The topological polar surface area (TPSA) is 85.2 Å². The molecule has 3 N–H and O–H groups in total. The number of anilines is 2. The van der Waals surface area contributed by atoms with E-state index >= 15 is 0 Å². The average Bonchev–Trinajstić information content (AvgIpc) is 2.52. The van der Waals surface area contributed by atoms with Gasteiger partial charge >= 0.3 is 0 Å². The Bertz CT molecular complexity index is 804. The zero-order chi connectivity index (χ0) is 16.8. The van der Waals surface area contributed by atoms with Crippen molar-refractivity contribution in [3.8, 4) is 11.8 Å². The molecule has 2 rings (SSSR count). The molecular formula is C18H17N3O2. The summed E-state index contributed by atoms with van der Waals surface area (Å²) in [5.41, 5.74) is 3.21. The molecule has 0 aliphatic rings. The molecule has 0 heterocycles. The van der Waals surface area contributed by atoms with Crippen molar-refractivity contribution >= 4 is 17.3 Å². The first-order valence-corrected chi connectivity index (χ1v) is 7.04. The van der Waals surface area contributed by atoms with Crippen molar-refractivity contribution in [3.63, 3.8) is 0 Å². The molecule has 0 atom stereocenters. The van der Waals surface area contributed by atoms with Crippen LogP contribution in [0.15, 0.2) is 54.2 Å². The molecule has 5 heteroatoms. The van der Waals surface area contributed by atoms with E-state index in [1.807, 2.05) is 32.0 Å². The number of carbonyl (C=O) groups is 1. The summed E-state index contributed by atoms with van der Waals surface area (Å²) >= 11 is 0. The van der Waals surface area contributed by atoms with E-state index in [1.54, 1.807) is 18.2 Å². The summed E-state index contributed by atoms with van der Waals surface area (Å²) in [6.45, 7) is 3.86. The fraction of sp³-hybridized carbons (Fsp3) is 0.111. The number of aromatic hydroxyl groups is 1. The third-order valence-electron chi connectivity index (χ3n) is 3.45. The van der Waals surface area contributed by atoms with Gasteiger partial charge in [0.15, 0.2) is 0 Å². The second-order valence-electron chi connectivity index (χ2n) is 5.07. The van der Waals surface area contributed by atoms with Gasteiger partial charge in [-0.05, 0) is 43.2 Å². The number of nitrogens with zero attached hydrogens (tertiary/aromatic N) is 1. The Hall–Kier alpha value is -3.26. The van der Waals surface area contributed by atoms with Crippen molar-refractivity contribution in [2.75, 3.05) is 10.6 Å². The van der Waals surface area contributed by atoms with Crippen molar-refractivity contribution in [1.82, 2.24) is 0 Å². The van der Waals surface area contributed by atoms with Gasteiger partial charge in [0, 0.05) is 23.6 Å². The molecule has 0 bridgehead atoms. The summed E-state index contributed by atoms with van der Waals surface area (Å²) in [7, 11) is 0. The number of phenols is 1. The van der Waals surface area contributed by atoms with Gasteiger partial charge in [0.05, 0.1) is 0 Å². The Morgan fingerprint density at radius 1 is 1.22 bits per heavy atom. The number of benzene rings is 2. The van der Waals surface area contributed by atoms with Crippen LogP contribution in [-0.4, -0.2) is 11.0 Å². The molecule has 2 aromatic carbocycles. The molecule has 0 aliphatic carbocycles. The van der Waals surface area contributed by atoms with Gasteiger partial charge in [-0.2, -0.15) is 5.26 Å². The summed E-state index contributed by atoms with van der Waals surface area (Å²) in [6.07, 6.45) is 1.31. The van der Waals surface area contributed by atoms with Crippen molar-refractivity contribution in [1.29, 1.82) is 5.26 Å². The van der Waals surface area contributed by atoms with Crippen LogP contribution in [0.4, 0.5) is 11.4 Å². The van der Waals surface area contributed by atoms with Gasteiger partial charge in [-0.15, -0.1) is 0 Å². The minimum absolute atomic E-state index is 0.0609. The predicted molar refractivity (Wildman–Crippen MR) is 90.0 cm³/mol. The van der Waals surface area contributed by atoms with E-state index in [2.05, 4.69) is 10.6 Å². The Kier molecular flexibility index (Phi) is 5.00. The maximum absolute atomic E-state index is 12.2. The van der Waals surface area contributed by atoms with Gasteiger partial charge < -0.3 is 15.7 Å². The summed E-state index contributed by atoms with van der Waals surface area (Å²) in [6, 6.07) is 13.9. The first-order chi connectivity index (χ1) is 11.0. The number of rotatable bonds is 4. The van der Waals surface area contributed by atoms with E-state index in [1.165, 1.54) is 18.3 Å². The highest BCUT2D eigenvalue weighted by Gasteiger charge is 2.11. The van der Waals surface area contributed by atoms with Crippen LogP contribution in [0.2, 0.25) is 0 Å². The molecule has 0 aromatic heterocycles. The van der Waals surface area contributed by atoms with Crippen LogP contribution in [0.1, 0.15) is 11.1 Å². The van der Waals surface area contributed by atoms with E-state index in [9.17, 15) is 9.90 Å². The van der Waals surface area contributed by atoms with Gasteiger partial charge in [0.1, 0.15) is 17.4 Å². The SMILES string of the molecule is Cc1cccc(NC(=O)/C(C#N)=C\Nc2cccc(O)c2)c1C. The molecule has 0 radical (unpaired) electrons. The molecular weight excluding hydrogens is 290 g/mol. The lowest BCUT2D eigenvalue weighted by molar-refractivity contribution is -0.112. The minimum atomic E-state index is -0.492. The first kappa shape index (κ1) is 16.1. The second kappa shape index (κ2) is 7.14. The summed E-state index contributed by atoms with van der Waals surface area (Å²) < 4.78 is 0. The smallest absolute Gasteiger partial charge is 0.267 e. The lowest BCUT2D eigenvalue weighted by Crippen LogP contribution is -2.15. The van der Waals surface area contributed by atoms with Crippen LogP contribution < -0.4 is 10.6 Å². The van der Waals surface area contributed by atoms with Gasteiger partial charge in [0.25, 0.3) is 5.91 Å². The summed E-state index contributed by atoms with van der Waals surface area (Å²) in [5, 5.41) is 24.1. The molecule has 0 unspecified atom stereocenters. The zero-order valence-electron chi connectivity index (χ0n) is 12.9. The van der Waals surface area contributed by atoms with Crippen molar-refractivity contribution in [3.05, 3.63) is 65.4 Å². The van der Waals surface area contributed by atoms with Crippen LogP contribution >= 0.6 is 0 Å². The van der Waals surface area contributed by atoms with E-state index in [-0.39, 0.29) is 11.3 Å². The predicted octanol–water partition coefficient (Wildman–Crippen LogP) is 3.47. The van der Waals surface area contributed by atoms with Crippen molar-refractivity contribution < 1.29 is 9.90 Å². The first-order valence-electron chi connectivity index (χ1n) is 7.04. The molecule has 1 amide bonds. The molecule has 2 aromatic rings. The largest absolute Gasteiger partial charge is 0.508 e. The van der Waals surface area contributed by atoms with Crippen LogP contribution in [-0.2, 0) is 4.79 Å². The molecule has 0 saturated carbocycles. The molecule has 116 valence electrons. The van der Waals surface area contributed by atoms with Gasteiger partial charge in [-0.25, -0.2) is 0 Å². The maximum Gasteiger partial charge on any atom is 0.267 e. The number of nitriles is 1. The number of hydrogen-bond acceptors (Lipinski definition) is 4. The number of amides is 1. The molecule has 0 saturated heterocycles. The minimum Gasteiger partial charge on any atom is -0.508 e. The molecule has 0 spiro atoms. The maximum atomic E-state index is 12.2. The normalized spacial score (nSPS) is 10.7. The van der Waals surface area contributed by atoms with E-state index in [4.69, 9.17) is 5.26 Å². The second-order valence-corrected chi connectivity index (χ2v) is 5.07. The van der Waals surface area contributed by atoms with Crippen LogP contribution in [0.5, 0.6) is 5.75 Å². The van der Waals surface area contributed by atoms with Gasteiger partial charge in [-0.1, -0.05) is 18.2 Å². The highest BCUT2D eigenvalue weighted by Crippen LogP contribution is 2.19. The number of aryl methyl sites for hydroxylation is 1. The fourth-order valence-corrected chi connectivity index (χ4v) is 1.98. The third kappa shape index (κ3) is 4.11. The molecule has 23 heavy (non-hydrogen) atoms. The van der Waals surface area contributed by atoms with E-state index in [0.29, 0.717) is 11.4 Å². The quantitative estimate of drug-likeness (QED) is 0.596. The zero-order valence-corrected chi connectivity index (χ0v) is 12.9.